The lowest BCUT2D eigenvalue weighted by atomic mass is 10.3. The van der Waals surface area contributed by atoms with E-state index in [-0.39, 0.29) is 12.0 Å². The first-order valence-electron chi connectivity index (χ1n) is 4.74. The highest BCUT2D eigenvalue weighted by atomic mass is 32.1. The van der Waals surface area contributed by atoms with Crippen LogP contribution in [0.5, 0.6) is 0 Å². The van der Waals surface area contributed by atoms with Gasteiger partial charge in [-0.25, -0.2) is 0 Å². The van der Waals surface area contributed by atoms with E-state index in [2.05, 4.69) is 0 Å². The number of hydrogen-bond acceptors (Lipinski definition) is 3. The number of likely N-dealkylation sites (tertiary alicyclic amines) is 1. The van der Waals surface area contributed by atoms with E-state index in [0.29, 0.717) is 19.5 Å². The second-order valence-electron chi connectivity index (χ2n) is 3.54. The van der Waals surface area contributed by atoms with Crippen molar-refractivity contribution in [3.8, 4) is 0 Å². The molecule has 0 bridgehead atoms. The molecule has 1 amide bonds. The molecule has 0 radical (unpaired) electrons. The van der Waals surface area contributed by atoms with Crippen molar-refractivity contribution in [1.29, 1.82) is 0 Å². The normalized spacial score (nSPS) is 21.5. The zero-order chi connectivity index (χ0) is 9.97. The molecule has 1 aliphatic heterocycles. The maximum Gasteiger partial charge on any atom is 0.227 e. The third kappa shape index (κ3) is 2.13. The number of aliphatic hydroxyl groups excluding tert-OH is 1. The molecule has 4 heteroatoms. The molecule has 0 spiro atoms. The summed E-state index contributed by atoms with van der Waals surface area (Å²) in [6.45, 7) is 1.20. The zero-order valence-corrected chi connectivity index (χ0v) is 8.67. The number of hydrogen-bond donors (Lipinski definition) is 1. The quantitative estimate of drug-likeness (QED) is 0.789. The van der Waals surface area contributed by atoms with Gasteiger partial charge in [0.05, 0.1) is 12.5 Å². The molecule has 1 aromatic heterocycles. The molecule has 1 atom stereocenters. The largest absolute Gasteiger partial charge is 0.391 e. The standard InChI is InChI=1S/C10H13NO2S/c12-8-3-4-11(7-8)10(13)6-9-2-1-5-14-9/h1-2,5,8,12H,3-4,6-7H2. The van der Waals surface area contributed by atoms with Gasteiger partial charge in [0.2, 0.25) is 5.91 Å². The van der Waals surface area contributed by atoms with Gasteiger partial charge in [0.25, 0.3) is 0 Å². The highest BCUT2D eigenvalue weighted by Crippen LogP contribution is 2.14. The molecule has 1 N–H and O–H groups in total. The Morgan fingerprint density at radius 2 is 2.57 bits per heavy atom. The van der Waals surface area contributed by atoms with Crippen molar-refractivity contribution < 1.29 is 9.90 Å². The molecular weight excluding hydrogens is 198 g/mol. The highest BCUT2D eigenvalue weighted by Gasteiger charge is 2.24. The van der Waals surface area contributed by atoms with Crippen molar-refractivity contribution in [3.63, 3.8) is 0 Å². The fourth-order valence-corrected chi connectivity index (χ4v) is 2.34. The Kier molecular flexibility index (Phi) is 2.84. The minimum Gasteiger partial charge on any atom is -0.391 e. The van der Waals surface area contributed by atoms with E-state index in [1.54, 1.807) is 16.2 Å². The summed E-state index contributed by atoms with van der Waals surface area (Å²) in [6, 6.07) is 3.92. The van der Waals surface area contributed by atoms with Crippen molar-refractivity contribution in [2.24, 2.45) is 0 Å². The molecule has 76 valence electrons. The number of carbonyl (C=O) groups excluding carboxylic acids is 1. The number of nitrogens with zero attached hydrogens (tertiary/aromatic N) is 1. The van der Waals surface area contributed by atoms with Crippen molar-refractivity contribution in [3.05, 3.63) is 22.4 Å². The Labute approximate surface area is 87.0 Å². The maximum atomic E-state index is 11.7. The van der Waals surface area contributed by atoms with E-state index in [1.807, 2.05) is 17.5 Å². The molecule has 3 nitrogen and oxygen atoms in total. The van der Waals surface area contributed by atoms with E-state index >= 15 is 0 Å². The summed E-state index contributed by atoms with van der Waals surface area (Å²) in [7, 11) is 0. The molecule has 1 saturated heterocycles. The topological polar surface area (TPSA) is 40.5 Å². The van der Waals surface area contributed by atoms with Crippen LogP contribution in [0.15, 0.2) is 17.5 Å². The summed E-state index contributed by atoms with van der Waals surface area (Å²) in [5, 5.41) is 11.3. The molecule has 2 heterocycles. The van der Waals surface area contributed by atoms with Gasteiger partial charge in [-0.3, -0.25) is 4.79 Å². The smallest absolute Gasteiger partial charge is 0.227 e. The second kappa shape index (κ2) is 4.11. The van der Waals surface area contributed by atoms with Gasteiger partial charge in [0, 0.05) is 18.0 Å². The molecule has 14 heavy (non-hydrogen) atoms. The Balaban J connectivity index is 1.90. The minimum atomic E-state index is -0.317. The number of β-amino-alcohol motifs (C(OH)–C–C–N with tert-alkyl or cyclic N) is 1. The molecule has 1 fully saturated rings. The number of rotatable bonds is 2. The molecule has 1 unspecified atom stereocenters. The van der Waals surface area contributed by atoms with Gasteiger partial charge >= 0.3 is 0 Å². The van der Waals surface area contributed by atoms with E-state index in [4.69, 9.17) is 0 Å². The van der Waals surface area contributed by atoms with Crippen LogP contribution in [0.3, 0.4) is 0 Å². The first kappa shape index (κ1) is 9.68. The fourth-order valence-electron chi connectivity index (χ4n) is 1.64. The predicted octanol–water partition coefficient (Wildman–Crippen LogP) is 0.884. The van der Waals surface area contributed by atoms with Gasteiger partial charge in [-0.15, -0.1) is 11.3 Å². The lowest BCUT2D eigenvalue weighted by molar-refractivity contribution is -0.129. The lowest BCUT2D eigenvalue weighted by Crippen LogP contribution is -2.30. The van der Waals surface area contributed by atoms with Crippen LogP contribution in [-0.4, -0.2) is 35.1 Å². The van der Waals surface area contributed by atoms with Gasteiger partial charge < -0.3 is 10.0 Å². The van der Waals surface area contributed by atoms with Gasteiger partial charge in [0.1, 0.15) is 0 Å². The van der Waals surface area contributed by atoms with Crippen LogP contribution < -0.4 is 0 Å². The third-order valence-electron chi connectivity index (χ3n) is 2.42. The van der Waals surface area contributed by atoms with Gasteiger partial charge in [-0.2, -0.15) is 0 Å². The Bertz CT molecular complexity index is 310. The number of aliphatic hydroxyl groups is 1. The Morgan fingerprint density at radius 1 is 1.71 bits per heavy atom. The van der Waals surface area contributed by atoms with E-state index < -0.39 is 0 Å². The van der Waals surface area contributed by atoms with Crippen molar-refractivity contribution in [2.45, 2.75) is 18.9 Å². The number of amides is 1. The highest BCUT2D eigenvalue weighted by molar-refractivity contribution is 7.10. The van der Waals surface area contributed by atoms with Crippen LogP contribution in [0.1, 0.15) is 11.3 Å². The minimum absolute atomic E-state index is 0.129. The van der Waals surface area contributed by atoms with E-state index in [1.165, 1.54) is 0 Å². The van der Waals surface area contributed by atoms with Crippen LogP contribution in [0.25, 0.3) is 0 Å². The van der Waals surface area contributed by atoms with Crippen LogP contribution in [0.4, 0.5) is 0 Å². The molecule has 1 aliphatic rings. The van der Waals surface area contributed by atoms with Gasteiger partial charge in [0.15, 0.2) is 0 Å². The number of thiophene rings is 1. The SMILES string of the molecule is O=C(Cc1cccs1)N1CCC(O)C1. The summed E-state index contributed by atoms with van der Waals surface area (Å²) in [5.74, 6) is 0.129. The predicted molar refractivity (Wildman–Crippen MR) is 55.2 cm³/mol. The zero-order valence-electron chi connectivity index (χ0n) is 7.85. The van der Waals surface area contributed by atoms with Crippen LogP contribution >= 0.6 is 11.3 Å². The molecule has 0 saturated carbocycles. The Hall–Kier alpha value is -0.870. The Morgan fingerprint density at radius 3 is 3.14 bits per heavy atom. The van der Waals surface area contributed by atoms with Crippen LogP contribution in [0.2, 0.25) is 0 Å². The maximum absolute atomic E-state index is 11.7. The van der Waals surface area contributed by atoms with Crippen molar-refractivity contribution >= 4 is 17.2 Å². The summed E-state index contributed by atoms with van der Waals surface area (Å²) in [5.41, 5.74) is 0. The first-order valence-corrected chi connectivity index (χ1v) is 5.62. The van der Waals surface area contributed by atoms with E-state index in [0.717, 1.165) is 11.3 Å². The first-order chi connectivity index (χ1) is 6.75. The van der Waals surface area contributed by atoms with Crippen molar-refractivity contribution in [1.82, 2.24) is 4.90 Å². The summed E-state index contributed by atoms with van der Waals surface area (Å²) >= 11 is 1.60. The van der Waals surface area contributed by atoms with Crippen LogP contribution in [-0.2, 0) is 11.2 Å². The number of carbonyl (C=O) groups is 1. The summed E-state index contributed by atoms with van der Waals surface area (Å²) < 4.78 is 0. The molecule has 2 rings (SSSR count). The molecular formula is C10H13NO2S. The molecule has 1 aromatic rings. The third-order valence-corrected chi connectivity index (χ3v) is 3.30. The van der Waals surface area contributed by atoms with Gasteiger partial charge in [-0.05, 0) is 17.9 Å². The monoisotopic (exact) mass is 211 g/mol. The average Bonchev–Trinajstić information content (AvgIpc) is 2.75. The molecule has 0 aromatic carbocycles. The van der Waals surface area contributed by atoms with Gasteiger partial charge in [-0.1, -0.05) is 6.07 Å². The summed E-state index contributed by atoms with van der Waals surface area (Å²) in [6.07, 6.45) is 0.878. The van der Waals surface area contributed by atoms with E-state index in [9.17, 15) is 9.90 Å². The van der Waals surface area contributed by atoms with Crippen LogP contribution in [0, 0.1) is 0 Å². The van der Waals surface area contributed by atoms with Crippen molar-refractivity contribution in [2.75, 3.05) is 13.1 Å². The summed E-state index contributed by atoms with van der Waals surface area (Å²) in [4.78, 5) is 14.5. The molecule has 0 aliphatic carbocycles. The fraction of sp³-hybridized carbons (Fsp3) is 0.500. The average molecular weight is 211 g/mol. The second-order valence-corrected chi connectivity index (χ2v) is 4.57. The lowest BCUT2D eigenvalue weighted by Gasteiger charge is -2.14.